The summed E-state index contributed by atoms with van der Waals surface area (Å²) in [7, 11) is 0. The molecule has 5 heteroatoms. The number of ether oxygens (including phenoxy) is 1. The van der Waals surface area contributed by atoms with Gasteiger partial charge in [0.15, 0.2) is 0 Å². The number of piperidine rings is 1. The highest BCUT2D eigenvalue weighted by molar-refractivity contribution is 5.94. The molecule has 1 amide bonds. The molecule has 0 bridgehead atoms. The standard InChI is InChI=1S/C18H21N3O2/c1-13-9-14(2)11-15(10-13)18(22)21-8-4-5-16(12-21)23-17-6-3-7-19-20-17/h3,6-7,9-11,16H,4-5,8,12H2,1-2H3. The van der Waals surface area contributed by atoms with Crippen molar-refractivity contribution in [3.63, 3.8) is 0 Å². The lowest BCUT2D eigenvalue weighted by Crippen LogP contribution is -2.44. The van der Waals surface area contributed by atoms with E-state index in [1.54, 1.807) is 18.3 Å². The molecule has 1 aliphatic rings. The van der Waals surface area contributed by atoms with Gasteiger partial charge >= 0.3 is 0 Å². The number of carbonyl (C=O) groups is 1. The van der Waals surface area contributed by atoms with Crippen molar-refractivity contribution in [2.45, 2.75) is 32.8 Å². The highest BCUT2D eigenvalue weighted by Crippen LogP contribution is 2.19. The molecule has 120 valence electrons. The third-order valence-electron chi connectivity index (χ3n) is 3.97. The van der Waals surface area contributed by atoms with Gasteiger partial charge in [-0.1, -0.05) is 17.2 Å². The molecule has 0 aliphatic carbocycles. The lowest BCUT2D eigenvalue weighted by Gasteiger charge is -2.32. The molecule has 3 rings (SSSR count). The Bertz CT molecular complexity index is 668. The van der Waals surface area contributed by atoms with Crippen molar-refractivity contribution in [1.82, 2.24) is 15.1 Å². The molecule has 1 atom stereocenters. The lowest BCUT2D eigenvalue weighted by molar-refractivity contribution is 0.0525. The zero-order valence-corrected chi connectivity index (χ0v) is 13.5. The molecule has 5 nitrogen and oxygen atoms in total. The van der Waals surface area contributed by atoms with E-state index in [4.69, 9.17) is 4.74 Å². The zero-order valence-electron chi connectivity index (χ0n) is 13.5. The number of hydrogen-bond acceptors (Lipinski definition) is 4. The smallest absolute Gasteiger partial charge is 0.253 e. The number of aryl methyl sites for hydroxylation is 2. The first-order valence-electron chi connectivity index (χ1n) is 7.94. The minimum absolute atomic E-state index is 0.0321. The normalized spacial score (nSPS) is 17.8. The summed E-state index contributed by atoms with van der Waals surface area (Å²) in [6.45, 7) is 5.38. The first-order valence-corrected chi connectivity index (χ1v) is 7.94. The van der Waals surface area contributed by atoms with Crippen molar-refractivity contribution in [2.24, 2.45) is 0 Å². The Labute approximate surface area is 136 Å². The Balaban J connectivity index is 1.69. The van der Waals surface area contributed by atoms with Crippen molar-refractivity contribution in [3.05, 3.63) is 53.2 Å². The average molecular weight is 311 g/mol. The van der Waals surface area contributed by atoms with Gasteiger partial charge in [0.25, 0.3) is 5.91 Å². The predicted octanol–water partition coefficient (Wildman–Crippen LogP) is 2.78. The zero-order chi connectivity index (χ0) is 16.2. The fourth-order valence-corrected chi connectivity index (χ4v) is 3.02. The SMILES string of the molecule is Cc1cc(C)cc(C(=O)N2CCCC(Oc3cccnn3)C2)c1. The number of likely N-dealkylation sites (tertiary alicyclic amines) is 1. The molecule has 0 N–H and O–H groups in total. The van der Waals surface area contributed by atoms with E-state index in [1.165, 1.54) is 0 Å². The van der Waals surface area contributed by atoms with Crippen LogP contribution in [0.4, 0.5) is 0 Å². The molecular formula is C18H21N3O2. The molecule has 1 aromatic heterocycles. The summed E-state index contributed by atoms with van der Waals surface area (Å²) in [6, 6.07) is 9.55. The highest BCUT2D eigenvalue weighted by atomic mass is 16.5. The van der Waals surface area contributed by atoms with Gasteiger partial charge in [0, 0.05) is 24.4 Å². The van der Waals surface area contributed by atoms with Crippen molar-refractivity contribution in [3.8, 4) is 5.88 Å². The first-order chi connectivity index (χ1) is 11.1. The maximum Gasteiger partial charge on any atom is 0.253 e. The van der Waals surface area contributed by atoms with E-state index >= 15 is 0 Å². The largest absolute Gasteiger partial charge is 0.471 e. The second-order valence-corrected chi connectivity index (χ2v) is 6.07. The fraction of sp³-hybridized carbons (Fsp3) is 0.389. The van der Waals surface area contributed by atoms with Crippen molar-refractivity contribution in [2.75, 3.05) is 13.1 Å². The number of benzene rings is 1. The molecule has 0 radical (unpaired) electrons. The van der Waals surface area contributed by atoms with E-state index in [-0.39, 0.29) is 12.0 Å². The molecule has 1 aliphatic heterocycles. The van der Waals surface area contributed by atoms with Gasteiger partial charge in [-0.2, -0.15) is 5.10 Å². The molecule has 23 heavy (non-hydrogen) atoms. The van der Waals surface area contributed by atoms with Crippen molar-refractivity contribution < 1.29 is 9.53 Å². The van der Waals surface area contributed by atoms with Crippen LogP contribution in [0, 0.1) is 13.8 Å². The van der Waals surface area contributed by atoms with Crippen LogP contribution in [0.5, 0.6) is 5.88 Å². The Hall–Kier alpha value is -2.43. The molecule has 2 heterocycles. The third kappa shape index (κ3) is 3.86. The van der Waals surface area contributed by atoms with Crippen LogP contribution in [0.2, 0.25) is 0 Å². The summed E-state index contributed by atoms with van der Waals surface area (Å²) in [4.78, 5) is 14.6. The summed E-state index contributed by atoms with van der Waals surface area (Å²) in [5, 5.41) is 7.76. The van der Waals surface area contributed by atoms with Gasteiger partial charge in [0.1, 0.15) is 6.10 Å². The minimum atomic E-state index is -0.0321. The van der Waals surface area contributed by atoms with Crippen LogP contribution in [0.1, 0.15) is 34.3 Å². The third-order valence-corrected chi connectivity index (χ3v) is 3.97. The van der Waals surface area contributed by atoms with Gasteiger partial charge in [0.05, 0.1) is 6.54 Å². The van der Waals surface area contributed by atoms with E-state index in [0.717, 1.165) is 36.1 Å². The summed E-state index contributed by atoms with van der Waals surface area (Å²) in [6.07, 6.45) is 3.44. The molecule has 1 fully saturated rings. The van der Waals surface area contributed by atoms with Crippen LogP contribution in [0.3, 0.4) is 0 Å². The average Bonchev–Trinajstić information content (AvgIpc) is 2.54. The van der Waals surface area contributed by atoms with Gasteiger partial charge in [-0.3, -0.25) is 4.79 Å². The Kier molecular flexibility index (Phi) is 4.55. The van der Waals surface area contributed by atoms with Crippen LogP contribution in [0.15, 0.2) is 36.5 Å². The number of carbonyl (C=O) groups excluding carboxylic acids is 1. The summed E-state index contributed by atoms with van der Waals surface area (Å²) in [5.41, 5.74) is 2.97. The number of rotatable bonds is 3. The van der Waals surface area contributed by atoms with Gasteiger partial charge in [0.2, 0.25) is 5.88 Å². The Morgan fingerprint density at radius 1 is 1.26 bits per heavy atom. The molecular weight excluding hydrogens is 290 g/mol. The minimum Gasteiger partial charge on any atom is -0.471 e. The van der Waals surface area contributed by atoms with E-state index in [2.05, 4.69) is 16.3 Å². The van der Waals surface area contributed by atoms with Gasteiger partial charge in [-0.25, -0.2) is 0 Å². The molecule has 1 unspecified atom stereocenters. The van der Waals surface area contributed by atoms with E-state index in [0.29, 0.717) is 12.4 Å². The predicted molar refractivity (Wildman–Crippen MR) is 87.5 cm³/mol. The van der Waals surface area contributed by atoms with Crippen LogP contribution < -0.4 is 4.74 Å². The fourth-order valence-electron chi connectivity index (χ4n) is 3.02. The summed E-state index contributed by atoms with van der Waals surface area (Å²) < 4.78 is 5.85. The topological polar surface area (TPSA) is 55.3 Å². The maximum absolute atomic E-state index is 12.7. The number of hydrogen-bond donors (Lipinski definition) is 0. The molecule has 1 aromatic carbocycles. The second-order valence-electron chi connectivity index (χ2n) is 6.07. The number of nitrogens with zero attached hydrogens (tertiary/aromatic N) is 3. The molecule has 0 spiro atoms. The van der Waals surface area contributed by atoms with E-state index in [1.807, 2.05) is 30.9 Å². The van der Waals surface area contributed by atoms with Crippen molar-refractivity contribution >= 4 is 5.91 Å². The lowest BCUT2D eigenvalue weighted by atomic mass is 10.0. The number of amides is 1. The van der Waals surface area contributed by atoms with Gasteiger partial charge < -0.3 is 9.64 Å². The van der Waals surface area contributed by atoms with E-state index < -0.39 is 0 Å². The van der Waals surface area contributed by atoms with Crippen molar-refractivity contribution in [1.29, 1.82) is 0 Å². The number of aromatic nitrogens is 2. The quantitative estimate of drug-likeness (QED) is 0.874. The maximum atomic E-state index is 12.7. The monoisotopic (exact) mass is 311 g/mol. The second kappa shape index (κ2) is 6.77. The van der Waals surface area contributed by atoms with Crippen LogP contribution >= 0.6 is 0 Å². The van der Waals surface area contributed by atoms with Crippen LogP contribution in [-0.2, 0) is 0 Å². The molecule has 1 saturated heterocycles. The molecule has 2 aromatic rings. The van der Waals surface area contributed by atoms with Crippen LogP contribution in [0.25, 0.3) is 0 Å². The Morgan fingerprint density at radius 2 is 2.04 bits per heavy atom. The van der Waals surface area contributed by atoms with Crippen LogP contribution in [-0.4, -0.2) is 40.2 Å². The first kappa shape index (κ1) is 15.5. The van der Waals surface area contributed by atoms with Gasteiger partial charge in [-0.05, 0) is 44.9 Å². The van der Waals surface area contributed by atoms with E-state index in [9.17, 15) is 4.79 Å². The van der Waals surface area contributed by atoms with Gasteiger partial charge in [-0.15, -0.1) is 5.10 Å². The molecule has 0 saturated carbocycles. The Morgan fingerprint density at radius 3 is 2.74 bits per heavy atom. The highest BCUT2D eigenvalue weighted by Gasteiger charge is 2.26. The summed E-state index contributed by atoms with van der Waals surface area (Å²) in [5.74, 6) is 0.586. The summed E-state index contributed by atoms with van der Waals surface area (Å²) >= 11 is 0.